The molecule has 0 fully saturated rings. The molecule has 0 N–H and O–H groups in total. The van der Waals surface area contributed by atoms with Gasteiger partial charge in [-0.1, -0.05) is 18.2 Å². The number of nitrogens with zero attached hydrogens (tertiary/aromatic N) is 2. The molecule has 0 aliphatic rings. The van der Waals surface area contributed by atoms with E-state index in [-0.39, 0.29) is 5.78 Å². The minimum atomic E-state index is -0.0513. The van der Waals surface area contributed by atoms with Gasteiger partial charge in [0.25, 0.3) is 0 Å². The molecule has 0 spiro atoms. The molecule has 0 radical (unpaired) electrons. The Bertz CT molecular complexity index is 571. The molecule has 4 heteroatoms. The van der Waals surface area contributed by atoms with Crippen LogP contribution in [0.2, 0.25) is 0 Å². The van der Waals surface area contributed by atoms with E-state index >= 15 is 0 Å². The van der Waals surface area contributed by atoms with Gasteiger partial charge in [-0.3, -0.25) is 4.79 Å². The van der Waals surface area contributed by atoms with E-state index in [9.17, 15) is 4.79 Å². The Morgan fingerprint density at radius 3 is 2.72 bits per heavy atom. The molecular weight excluding hydrogens is 228 g/mol. The summed E-state index contributed by atoms with van der Waals surface area (Å²) in [5.41, 5.74) is 1.35. The monoisotopic (exact) mass is 242 g/mol. The summed E-state index contributed by atoms with van der Waals surface area (Å²) in [6.07, 6.45) is 5.15. The lowest BCUT2D eigenvalue weighted by molar-refractivity contribution is -0.112. The van der Waals surface area contributed by atoms with Gasteiger partial charge < -0.3 is 4.74 Å². The van der Waals surface area contributed by atoms with Crippen LogP contribution in [-0.2, 0) is 4.79 Å². The maximum Gasteiger partial charge on any atom is 0.178 e. The van der Waals surface area contributed by atoms with Crippen molar-refractivity contribution in [3.05, 3.63) is 48.3 Å². The van der Waals surface area contributed by atoms with E-state index in [1.165, 1.54) is 6.92 Å². The SMILES string of the molecule is COc1ccccc1/C=C(/C(C)=O)n1cccn1. The molecule has 2 rings (SSSR count). The zero-order chi connectivity index (χ0) is 13.0. The number of ketones is 1. The first-order chi connectivity index (χ1) is 8.72. The Labute approximate surface area is 106 Å². The van der Waals surface area contributed by atoms with Crippen molar-refractivity contribution in [1.82, 2.24) is 9.78 Å². The highest BCUT2D eigenvalue weighted by Crippen LogP contribution is 2.21. The normalized spacial score (nSPS) is 11.3. The van der Waals surface area contributed by atoms with Crippen LogP contribution >= 0.6 is 0 Å². The van der Waals surface area contributed by atoms with Crippen molar-refractivity contribution >= 4 is 17.6 Å². The Morgan fingerprint density at radius 2 is 2.11 bits per heavy atom. The molecule has 0 aliphatic carbocycles. The summed E-state index contributed by atoms with van der Waals surface area (Å²) in [4.78, 5) is 11.7. The minimum absolute atomic E-state index is 0.0513. The van der Waals surface area contributed by atoms with Crippen LogP contribution in [0, 0.1) is 0 Å². The smallest absolute Gasteiger partial charge is 0.178 e. The van der Waals surface area contributed by atoms with Gasteiger partial charge in [0.1, 0.15) is 11.4 Å². The number of hydrogen-bond donors (Lipinski definition) is 0. The van der Waals surface area contributed by atoms with E-state index in [1.54, 1.807) is 36.3 Å². The number of carbonyl (C=O) groups is 1. The van der Waals surface area contributed by atoms with E-state index < -0.39 is 0 Å². The molecule has 92 valence electrons. The fourth-order valence-electron chi connectivity index (χ4n) is 1.67. The number of allylic oxidation sites excluding steroid dienone is 1. The van der Waals surface area contributed by atoms with E-state index in [0.29, 0.717) is 5.70 Å². The zero-order valence-corrected chi connectivity index (χ0v) is 10.3. The van der Waals surface area contributed by atoms with Crippen molar-refractivity contribution in [1.29, 1.82) is 0 Å². The van der Waals surface area contributed by atoms with Crippen LogP contribution in [0.25, 0.3) is 11.8 Å². The highest BCUT2D eigenvalue weighted by atomic mass is 16.5. The number of Topliss-reactive ketones (excluding diaryl/α,β-unsaturated/α-hetero) is 1. The molecule has 4 nitrogen and oxygen atoms in total. The van der Waals surface area contributed by atoms with Gasteiger partial charge in [-0.2, -0.15) is 5.10 Å². The number of methoxy groups -OCH3 is 1. The van der Waals surface area contributed by atoms with Gasteiger partial charge in [0.05, 0.1) is 7.11 Å². The van der Waals surface area contributed by atoms with E-state index in [4.69, 9.17) is 4.74 Å². The first-order valence-electron chi connectivity index (χ1n) is 5.58. The first-order valence-corrected chi connectivity index (χ1v) is 5.58. The molecule has 0 bridgehead atoms. The second kappa shape index (κ2) is 5.31. The van der Waals surface area contributed by atoms with Gasteiger partial charge in [0, 0.05) is 24.9 Å². The van der Waals surface area contributed by atoms with E-state index in [0.717, 1.165) is 11.3 Å². The van der Waals surface area contributed by atoms with Crippen LogP contribution in [0.15, 0.2) is 42.7 Å². The van der Waals surface area contributed by atoms with Crippen molar-refractivity contribution in [2.45, 2.75) is 6.92 Å². The Kier molecular flexibility index (Phi) is 3.57. The van der Waals surface area contributed by atoms with E-state index in [2.05, 4.69) is 5.10 Å². The van der Waals surface area contributed by atoms with Crippen molar-refractivity contribution in [2.24, 2.45) is 0 Å². The van der Waals surface area contributed by atoms with Crippen LogP contribution in [-0.4, -0.2) is 22.7 Å². The summed E-state index contributed by atoms with van der Waals surface area (Å²) in [5, 5.41) is 4.08. The standard InChI is InChI=1S/C14H14N2O2/c1-11(17)13(16-9-5-8-15-16)10-12-6-3-4-7-14(12)18-2/h3-10H,1-2H3/b13-10-. The third-order valence-electron chi connectivity index (χ3n) is 2.54. The highest BCUT2D eigenvalue weighted by Gasteiger charge is 2.08. The van der Waals surface area contributed by atoms with Crippen LogP contribution in [0.4, 0.5) is 0 Å². The van der Waals surface area contributed by atoms with Gasteiger partial charge in [0.15, 0.2) is 5.78 Å². The number of para-hydroxylation sites is 1. The maximum atomic E-state index is 11.7. The molecule has 0 saturated carbocycles. The molecule has 1 aromatic heterocycles. The van der Waals surface area contributed by atoms with Crippen molar-refractivity contribution in [3.63, 3.8) is 0 Å². The van der Waals surface area contributed by atoms with Gasteiger partial charge in [0.2, 0.25) is 0 Å². The van der Waals surface area contributed by atoms with Gasteiger partial charge >= 0.3 is 0 Å². The van der Waals surface area contributed by atoms with Gasteiger partial charge in [-0.05, 0) is 18.2 Å². The summed E-state index contributed by atoms with van der Waals surface area (Å²) in [6, 6.07) is 9.31. The molecule has 0 unspecified atom stereocenters. The summed E-state index contributed by atoms with van der Waals surface area (Å²) in [7, 11) is 1.61. The average Bonchev–Trinajstić information content (AvgIpc) is 2.89. The Hall–Kier alpha value is -2.36. The number of ether oxygens (including phenoxy) is 1. The molecule has 0 atom stereocenters. The topological polar surface area (TPSA) is 44.1 Å². The zero-order valence-electron chi connectivity index (χ0n) is 10.3. The van der Waals surface area contributed by atoms with Crippen molar-refractivity contribution in [3.8, 4) is 5.75 Å². The average molecular weight is 242 g/mol. The van der Waals surface area contributed by atoms with Crippen molar-refractivity contribution in [2.75, 3.05) is 7.11 Å². The number of aromatic nitrogens is 2. The largest absolute Gasteiger partial charge is 0.496 e. The summed E-state index contributed by atoms with van der Waals surface area (Å²) in [5.74, 6) is 0.674. The second-order valence-electron chi connectivity index (χ2n) is 3.78. The van der Waals surface area contributed by atoms with Gasteiger partial charge in [-0.25, -0.2) is 4.68 Å². The summed E-state index contributed by atoms with van der Waals surface area (Å²) < 4.78 is 6.81. The molecular formula is C14H14N2O2. The Balaban J connectivity index is 2.49. The fraction of sp³-hybridized carbons (Fsp3) is 0.143. The highest BCUT2D eigenvalue weighted by molar-refractivity contribution is 6.18. The third kappa shape index (κ3) is 2.48. The lowest BCUT2D eigenvalue weighted by Gasteiger charge is -2.07. The van der Waals surface area contributed by atoms with Crippen LogP contribution in [0.3, 0.4) is 0 Å². The third-order valence-corrected chi connectivity index (χ3v) is 2.54. The number of benzene rings is 1. The predicted octanol–water partition coefficient (Wildman–Crippen LogP) is 2.48. The number of carbonyl (C=O) groups excluding carboxylic acids is 1. The molecule has 0 amide bonds. The van der Waals surface area contributed by atoms with E-state index in [1.807, 2.05) is 24.3 Å². The molecule has 1 heterocycles. The number of hydrogen-bond acceptors (Lipinski definition) is 3. The second-order valence-corrected chi connectivity index (χ2v) is 3.78. The molecule has 1 aromatic carbocycles. The fourth-order valence-corrected chi connectivity index (χ4v) is 1.67. The quantitative estimate of drug-likeness (QED) is 0.774. The molecule has 2 aromatic rings. The minimum Gasteiger partial charge on any atom is -0.496 e. The Morgan fingerprint density at radius 1 is 1.33 bits per heavy atom. The predicted molar refractivity (Wildman–Crippen MR) is 70.1 cm³/mol. The van der Waals surface area contributed by atoms with Crippen LogP contribution < -0.4 is 4.74 Å². The number of rotatable bonds is 4. The van der Waals surface area contributed by atoms with Gasteiger partial charge in [-0.15, -0.1) is 0 Å². The molecule has 0 saturated heterocycles. The maximum absolute atomic E-state index is 11.7. The van der Waals surface area contributed by atoms with Crippen molar-refractivity contribution < 1.29 is 9.53 Å². The first kappa shape index (κ1) is 12.1. The molecule has 18 heavy (non-hydrogen) atoms. The summed E-state index contributed by atoms with van der Waals surface area (Å²) >= 11 is 0. The lowest BCUT2D eigenvalue weighted by atomic mass is 10.1. The summed E-state index contributed by atoms with van der Waals surface area (Å²) in [6.45, 7) is 1.52. The van der Waals surface area contributed by atoms with Crippen LogP contribution in [0.1, 0.15) is 12.5 Å². The van der Waals surface area contributed by atoms with Crippen LogP contribution in [0.5, 0.6) is 5.75 Å². The lowest BCUT2D eigenvalue weighted by Crippen LogP contribution is -2.05. The molecule has 0 aliphatic heterocycles.